The second-order valence-electron chi connectivity index (χ2n) is 11.0. The molecule has 0 heterocycles. The van der Waals surface area contributed by atoms with Gasteiger partial charge < -0.3 is 25.3 Å². The van der Waals surface area contributed by atoms with Gasteiger partial charge in [0.1, 0.15) is 5.76 Å². The maximum atomic E-state index is 10.4. The zero-order chi connectivity index (χ0) is 33.2. The smallest absolute Gasteiger partial charge is 0.306 e. The Morgan fingerprint density at radius 3 is 2.02 bits per heavy atom. The Morgan fingerprint density at radius 2 is 1.63 bits per heavy atom. The first kappa shape index (κ1) is 42.5. The summed E-state index contributed by atoms with van der Waals surface area (Å²) in [6.07, 6.45) is 17.0. The van der Waals surface area contributed by atoms with Gasteiger partial charge in [0.2, 0.25) is 0 Å². The summed E-state index contributed by atoms with van der Waals surface area (Å²) in [6.45, 7) is 22.8. The van der Waals surface area contributed by atoms with Crippen molar-refractivity contribution in [2.75, 3.05) is 14.2 Å². The van der Waals surface area contributed by atoms with Gasteiger partial charge in [0.15, 0.2) is 5.88 Å². The van der Waals surface area contributed by atoms with Crippen LogP contribution in [0.3, 0.4) is 0 Å². The lowest BCUT2D eigenvalue weighted by Crippen LogP contribution is -2.32. The second kappa shape index (κ2) is 26.9. The molecule has 0 aliphatic heterocycles. The topological polar surface area (TPSA) is 91.9 Å². The van der Waals surface area contributed by atoms with Crippen LogP contribution in [0.5, 0.6) is 0 Å². The van der Waals surface area contributed by atoms with Crippen LogP contribution in [0, 0.1) is 5.92 Å². The predicted molar refractivity (Wildman–Crippen MR) is 184 cm³/mol. The Labute approximate surface area is 265 Å². The number of methoxy groups -OCH3 is 1. The SMILES string of the molecule is C=C(C)\C(=C/C=C(C)/C(NNC)=C(/CCC)NC(OC(C)CCC)=C1CC1)OC.CC.CCC.O=C(O)C1CCCCC1. The number of rotatable bonds is 15. The molecule has 2 aliphatic carbocycles. The first-order valence-corrected chi connectivity index (χ1v) is 16.7. The van der Waals surface area contributed by atoms with Crippen molar-refractivity contribution < 1.29 is 19.4 Å². The fourth-order valence-electron chi connectivity index (χ4n) is 4.35. The van der Waals surface area contributed by atoms with Crippen LogP contribution < -0.4 is 16.2 Å². The minimum Gasteiger partial charge on any atom is -0.497 e. The van der Waals surface area contributed by atoms with Gasteiger partial charge >= 0.3 is 5.97 Å². The molecule has 2 rings (SSSR count). The summed E-state index contributed by atoms with van der Waals surface area (Å²) in [5, 5.41) is 12.2. The number of carbonyl (C=O) groups is 1. The summed E-state index contributed by atoms with van der Waals surface area (Å²) in [7, 11) is 3.54. The molecule has 0 bridgehead atoms. The van der Waals surface area contributed by atoms with Gasteiger partial charge in [-0.15, -0.1) is 0 Å². The van der Waals surface area contributed by atoms with E-state index in [9.17, 15) is 4.79 Å². The number of carboxylic acids is 1. The van der Waals surface area contributed by atoms with E-state index in [0.717, 1.165) is 98.4 Å². The maximum Gasteiger partial charge on any atom is 0.306 e. The fraction of sp³-hybridized carbons (Fsp3) is 0.694. The summed E-state index contributed by atoms with van der Waals surface area (Å²) in [4.78, 5) is 10.4. The Kier molecular flexibility index (Phi) is 26.6. The second-order valence-corrected chi connectivity index (χ2v) is 11.0. The van der Waals surface area contributed by atoms with Crippen LogP contribution in [0.1, 0.15) is 139 Å². The highest BCUT2D eigenvalue weighted by molar-refractivity contribution is 5.69. The van der Waals surface area contributed by atoms with Crippen molar-refractivity contribution in [1.29, 1.82) is 0 Å². The lowest BCUT2D eigenvalue weighted by molar-refractivity contribution is -0.142. The molecule has 1 unspecified atom stereocenters. The summed E-state index contributed by atoms with van der Waals surface area (Å²) >= 11 is 0. The first-order chi connectivity index (χ1) is 20.6. The summed E-state index contributed by atoms with van der Waals surface area (Å²) in [5.41, 5.74) is 11.9. The van der Waals surface area contributed by atoms with E-state index in [1.807, 2.05) is 33.9 Å². The van der Waals surface area contributed by atoms with Crippen LogP contribution in [-0.4, -0.2) is 31.3 Å². The first-order valence-electron chi connectivity index (χ1n) is 16.7. The molecule has 0 saturated heterocycles. The van der Waals surface area contributed by atoms with Crippen LogP contribution in [-0.2, 0) is 14.3 Å². The molecular formula is C36H67N3O4. The van der Waals surface area contributed by atoms with Gasteiger partial charge in [0.05, 0.1) is 24.8 Å². The van der Waals surface area contributed by atoms with E-state index in [2.05, 4.69) is 70.4 Å². The highest BCUT2D eigenvalue weighted by Crippen LogP contribution is 2.33. The molecule has 0 aromatic rings. The van der Waals surface area contributed by atoms with Gasteiger partial charge in [0, 0.05) is 12.7 Å². The molecule has 43 heavy (non-hydrogen) atoms. The van der Waals surface area contributed by atoms with Crippen LogP contribution in [0.25, 0.3) is 0 Å². The van der Waals surface area contributed by atoms with E-state index >= 15 is 0 Å². The predicted octanol–water partition coefficient (Wildman–Crippen LogP) is 9.67. The third kappa shape index (κ3) is 20.0. The molecule has 0 amide bonds. The van der Waals surface area contributed by atoms with Crippen molar-refractivity contribution in [2.45, 2.75) is 145 Å². The van der Waals surface area contributed by atoms with Gasteiger partial charge in [0.25, 0.3) is 0 Å². The maximum absolute atomic E-state index is 10.4. The highest BCUT2D eigenvalue weighted by atomic mass is 16.5. The molecule has 0 aromatic heterocycles. The van der Waals surface area contributed by atoms with Crippen molar-refractivity contribution in [1.82, 2.24) is 16.2 Å². The van der Waals surface area contributed by atoms with Crippen molar-refractivity contribution in [3.8, 4) is 0 Å². The van der Waals surface area contributed by atoms with Crippen LogP contribution in [0.2, 0.25) is 0 Å². The zero-order valence-corrected chi connectivity index (χ0v) is 29.7. The Balaban J connectivity index is 0. The Bertz CT molecular complexity index is 890. The van der Waals surface area contributed by atoms with Gasteiger partial charge in [-0.1, -0.05) is 92.7 Å². The zero-order valence-electron chi connectivity index (χ0n) is 29.7. The van der Waals surface area contributed by atoms with E-state index in [4.69, 9.17) is 14.6 Å². The van der Waals surface area contributed by atoms with Crippen molar-refractivity contribution in [3.05, 3.63) is 58.5 Å². The average Bonchev–Trinajstić information content (AvgIpc) is 3.83. The van der Waals surface area contributed by atoms with Crippen LogP contribution in [0.4, 0.5) is 0 Å². The number of ether oxygens (including phenoxy) is 2. The minimum absolute atomic E-state index is 0.0289. The third-order valence-electron chi connectivity index (χ3n) is 6.63. The quantitative estimate of drug-likeness (QED) is 0.0839. The summed E-state index contributed by atoms with van der Waals surface area (Å²) in [5.74, 6) is 1.08. The van der Waals surface area contributed by atoms with Crippen molar-refractivity contribution in [3.63, 3.8) is 0 Å². The number of hydrogen-bond donors (Lipinski definition) is 4. The van der Waals surface area contributed by atoms with Gasteiger partial charge in [-0.25, -0.2) is 5.43 Å². The van der Waals surface area contributed by atoms with Crippen molar-refractivity contribution >= 4 is 5.97 Å². The molecule has 2 aliphatic rings. The van der Waals surface area contributed by atoms with Gasteiger partial charge in [-0.2, -0.15) is 0 Å². The van der Waals surface area contributed by atoms with Gasteiger partial charge in [-0.3, -0.25) is 4.79 Å². The summed E-state index contributed by atoms with van der Waals surface area (Å²) < 4.78 is 11.7. The van der Waals surface area contributed by atoms with Gasteiger partial charge in [-0.05, 0) is 82.1 Å². The molecule has 250 valence electrons. The van der Waals surface area contributed by atoms with Crippen molar-refractivity contribution in [2.24, 2.45) is 5.92 Å². The lowest BCUT2D eigenvalue weighted by Gasteiger charge is -2.23. The number of allylic oxidation sites excluding steroid dienone is 6. The number of nitrogens with one attached hydrogen (secondary N) is 3. The number of carboxylic acid groups (broad SMARTS) is 1. The highest BCUT2D eigenvalue weighted by Gasteiger charge is 2.23. The van der Waals surface area contributed by atoms with E-state index in [1.165, 1.54) is 18.4 Å². The van der Waals surface area contributed by atoms with Crippen LogP contribution >= 0.6 is 0 Å². The molecule has 0 spiro atoms. The fourth-order valence-corrected chi connectivity index (χ4v) is 4.35. The Hall–Kier alpha value is -2.67. The molecule has 7 nitrogen and oxygen atoms in total. The third-order valence-corrected chi connectivity index (χ3v) is 6.63. The molecule has 2 saturated carbocycles. The van der Waals surface area contributed by atoms with E-state index < -0.39 is 5.97 Å². The minimum atomic E-state index is -0.602. The number of hydrogen-bond acceptors (Lipinski definition) is 6. The molecular weight excluding hydrogens is 538 g/mol. The van der Waals surface area contributed by atoms with E-state index in [1.54, 1.807) is 7.11 Å². The number of hydrazine groups is 1. The molecule has 2 fully saturated rings. The molecule has 4 N–H and O–H groups in total. The monoisotopic (exact) mass is 606 g/mol. The van der Waals surface area contributed by atoms with E-state index in [0.29, 0.717) is 0 Å². The van der Waals surface area contributed by atoms with Crippen LogP contribution in [0.15, 0.2) is 58.5 Å². The largest absolute Gasteiger partial charge is 0.497 e. The average molecular weight is 606 g/mol. The standard InChI is InChI=1S/C24H41N3O2.C7H12O2.C3H8.C2H6/c1-9-11-19(6)29-24(20-14-15-20)26-21(12-10-2)23(27-25-7)18(5)13-16-22(28-8)17(3)4;8-7(9)6-4-2-1-3-5-6;1-3-2;1-2/h13,16,19,25-27H,3,9-12,14-15H2,1-2,4-8H3;6H,1-5H2,(H,8,9);3H2,1-2H3;1-2H3/b18-13+,22-16+,23-21+;;;. The Morgan fingerprint density at radius 1 is 1.05 bits per heavy atom. The molecule has 0 aromatic carbocycles. The molecule has 0 radical (unpaired) electrons. The molecule has 1 atom stereocenters. The van der Waals surface area contributed by atoms with E-state index in [-0.39, 0.29) is 12.0 Å². The molecule has 7 heteroatoms. The summed E-state index contributed by atoms with van der Waals surface area (Å²) in [6, 6.07) is 0. The normalized spacial score (nSPS) is 15.9. The number of aliphatic carboxylic acids is 1. The lowest BCUT2D eigenvalue weighted by atomic mass is 9.90.